The maximum atomic E-state index is 12.6. The lowest BCUT2D eigenvalue weighted by Gasteiger charge is -2.20. The number of aliphatic hydroxyl groups is 2. The predicted molar refractivity (Wildman–Crippen MR) is 256 cm³/mol. The van der Waals surface area contributed by atoms with Crippen molar-refractivity contribution < 1.29 is 47.8 Å². The normalized spacial score (nSPS) is 14.3. The molecular weight excluding hydrogens is 804 g/mol. The molecule has 0 rings (SSSR count). The summed E-state index contributed by atoms with van der Waals surface area (Å²) in [5.41, 5.74) is 0. The topological polar surface area (TPSA) is 149 Å². The third kappa shape index (κ3) is 45.4. The quantitative estimate of drug-likeness (QED) is 0.0233. The van der Waals surface area contributed by atoms with Gasteiger partial charge in [0.2, 0.25) is 0 Å². The Bertz CT molecular complexity index is 1260. The Morgan fingerprint density at radius 3 is 1.31 bits per heavy atom. The van der Waals surface area contributed by atoms with Crippen molar-refractivity contribution in [2.24, 2.45) is 0 Å². The molecule has 358 valence electrons. The van der Waals surface area contributed by atoms with E-state index in [-0.39, 0.29) is 19.4 Å². The van der Waals surface area contributed by atoms with Crippen molar-refractivity contribution in [1.82, 2.24) is 0 Å². The number of carbonyl (C=O) groups excluding carboxylic acids is 2. The number of allylic oxidation sites excluding steroid dienone is 12. The molecule has 3 N–H and O–H groups in total. The smallest absolute Gasteiger partial charge is 0.462 e. The second-order valence-corrected chi connectivity index (χ2v) is 17.6. The summed E-state index contributed by atoms with van der Waals surface area (Å²) in [4.78, 5) is 35.1. The Hall–Kier alpha value is -2.59. The lowest BCUT2D eigenvalue weighted by molar-refractivity contribution is -0.161. The fraction of sp³-hybridized carbons (Fsp3) is 0.725. The van der Waals surface area contributed by atoms with Gasteiger partial charge in [0.25, 0.3) is 0 Å². The van der Waals surface area contributed by atoms with Crippen LogP contribution in [-0.4, -0.2) is 65.7 Å². The first kappa shape index (κ1) is 59.4. The number of aliphatic hydroxyl groups excluding tert-OH is 2. The molecule has 3 atom stereocenters. The molecule has 0 aromatic rings. The minimum atomic E-state index is -4.64. The van der Waals surface area contributed by atoms with E-state index in [0.717, 1.165) is 57.8 Å². The van der Waals surface area contributed by atoms with Gasteiger partial charge in [-0.25, -0.2) is 4.57 Å². The lowest BCUT2D eigenvalue weighted by atomic mass is 10.0. The average Bonchev–Trinajstić information content (AvgIpc) is 3.26. The number of ether oxygens (including phenoxy) is 2. The number of hydrogen-bond acceptors (Lipinski definition) is 9. The molecule has 0 amide bonds. The van der Waals surface area contributed by atoms with Crippen molar-refractivity contribution in [3.05, 3.63) is 72.9 Å². The number of hydrogen-bond donors (Lipinski definition) is 3. The van der Waals surface area contributed by atoms with Gasteiger partial charge >= 0.3 is 19.8 Å². The van der Waals surface area contributed by atoms with E-state index in [1.54, 1.807) is 0 Å². The van der Waals surface area contributed by atoms with Crippen LogP contribution in [0.4, 0.5) is 0 Å². The van der Waals surface area contributed by atoms with Crippen LogP contribution in [0.2, 0.25) is 0 Å². The minimum absolute atomic E-state index is 0.0575. The molecule has 0 bridgehead atoms. The van der Waals surface area contributed by atoms with E-state index >= 15 is 0 Å². The Labute approximate surface area is 378 Å². The molecule has 0 radical (unpaired) electrons. The van der Waals surface area contributed by atoms with Gasteiger partial charge in [0, 0.05) is 12.8 Å². The maximum absolute atomic E-state index is 12.6. The van der Waals surface area contributed by atoms with Gasteiger partial charge in [-0.05, 0) is 51.4 Å². The molecule has 0 fully saturated rings. The zero-order valence-electron chi connectivity index (χ0n) is 39.1. The van der Waals surface area contributed by atoms with Gasteiger partial charge in [-0.1, -0.05) is 209 Å². The highest BCUT2D eigenvalue weighted by molar-refractivity contribution is 7.47. The number of esters is 2. The first-order chi connectivity index (χ1) is 30.2. The Morgan fingerprint density at radius 1 is 0.500 bits per heavy atom. The van der Waals surface area contributed by atoms with Crippen LogP contribution in [0, 0.1) is 0 Å². The predicted octanol–water partition coefficient (Wildman–Crippen LogP) is 13.6. The zero-order valence-corrected chi connectivity index (χ0v) is 40.0. The lowest BCUT2D eigenvalue weighted by Crippen LogP contribution is -2.29. The molecule has 0 aromatic carbocycles. The molecule has 1 unspecified atom stereocenters. The van der Waals surface area contributed by atoms with Gasteiger partial charge in [0.1, 0.15) is 12.7 Å². The van der Waals surface area contributed by atoms with Crippen molar-refractivity contribution in [2.75, 3.05) is 26.4 Å². The second-order valence-electron chi connectivity index (χ2n) is 16.1. The molecule has 0 heterocycles. The van der Waals surface area contributed by atoms with E-state index in [0.29, 0.717) is 12.8 Å². The Balaban J connectivity index is 4.31. The van der Waals surface area contributed by atoms with E-state index in [4.69, 9.17) is 23.6 Å². The van der Waals surface area contributed by atoms with Crippen molar-refractivity contribution in [3.63, 3.8) is 0 Å². The minimum Gasteiger partial charge on any atom is -0.462 e. The third-order valence-electron chi connectivity index (χ3n) is 10.1. The van der Waals surface area contributed by atoms with Gasteiger partial charge in [-0.15, -0.1) is 0 Å². The SMILES string of the molecule is CC/C=C/C/C=C/C/C=C/C/C=C/C/C=C/C/C=C/CCC(=O)O[C@H](COC(=O)CCCCCCCCCCCCCCCCCCCCCC)COP(=O)(O)OC[C@@H](O)CO. The van der Waals surface area contributed by atoms with Crippen molar-refractivity contribution >= 4 is 19.8 Å². The van der Waals surface area contributed by atoms with E-state index in [2.05, 4.69) is 74.6 Å². The number of phosphoric ester groups is 1. The summed E-state index contributed by atoms with van der Waals surface area (Å²) in [6, 6.07) is 0. The third-order valence-corrected chi connectivity index (χ3v) is 11.1. The average molecular weight is 893 g/mol. The van der Waals surface area contributed by atoms with E-state index in [1.165, 1.54) is 103 Å². The van der Waals surface area contributed by atoms with E-state index < -0.39 is 51.8 Å². The second kappa shape index (κ2) is 46.4. The molecule has 0 saturated carbocycles. The summed E-state index contributed by atoms with van der Waals surface area (Å²) in [5, 5.41) is 18.4. The molecular formula is C51H89O10P. The standard InChI is InChI=1S/C51H89O10P/c1-3-5-7-9-11-13-15-17-19-21-23-25-26-28-30-32-34-36-38-40-42-50(54)58-46-49(47-60-62(56,57)59-45-48(53)44-52)61-51(55)43-41-39-37-35-33-31-29-27-24-22-20-18-16-14-12-10-8-6-4-2/h6,8,12,14,18,20,24,27,31,33,37,39,48-49,52-53H,3-5,7,9-11,13,15-17,19,21-23,25-26,28-30,32,34-36,38,40-47H2,1-2H3,(H,56,57)/b8-6+,14-12+,20-18+,27-24+,33-31+,39-37+/t48-,49+/m0/s1. The molecule has 0 aliphatic rings. The molecule has 62 heavy (non-hydrogen) atoms. The summed E-state index contributed by atoms with van der Waals surface area (Å²) < 4.78 is 32.7. The van der Waals surface area contributed by atoms with Gasteiger partial charge in [0.15, 0.2) is 6.10 Å². The van der Waals surface area contributed by atoms with Crippen LogP contribution in [0.15, 0.2) is 72.9 Å². The fourth-order valence-corrected chi connectivity index (χ4v) is 7.22. The van der Waals surface area contributed by atoms with Crippen LogP contribution >= 0.6 is 7.82 Å². The van der Waals surface area contributed by atoms with Crippen LogP contribution in [0.5, 0.6) is 0 Å². The van der Waals surface area contributed by atoms with E-state index in [9.17, 15) is 24.2 Å². The molecule has 10 nitrogen and oxygen atoms in total. The van der Waals surface area contributed by atoms with Crippen LogP contribution < -0.4 is 0 Å². The molecule has 0 aliphatic carbocycles. The number of unbranched alkanes of at least 4 members (excludes halogenated alkanes) is 19. The van der Waals surface area contributed by atoms with Crippen LogP contribution in [0.25, 0.3) is 0 Å². The number of rotatable bonds is 45. The van der Waals surface area contributed by atoms with Crippen LogP contribution in [-0.2, 0) is 32.7 Å². The van der Waals surface area contributed by atoms with Gasteiger partial charge in [-0.3, -0.25) is 18.6 Å². The fourth-order valence-electron chi connectivity index (χ4n) is 6.43. The Kier molecular flexibility index (Phi) is 44.5. The van der Waals surface area contributed by atoms with Crippen molar-refractivity contribution in [3.8, 4) is 0 Å². The highest BCUT2D eigenvalue weighted by atomic mass is 31.2. The monoisotopic (exact) mass is 893 g/mol. The first-order valence-electron chi connectivity index (χ1n) is 24.4. The molecule has 0 aromatic heterocycles. The molecule has 0 spiro atoms. The molecule has 0 saturated heterocycles. The summed E-state index contributed by atoms with van der Waals surface area (Å²) in [6.45, 7) is 2.20. The zero-order chi connectivity index (χ0) is 45.5. The Morgan fingerprint density at radius 2 is 0.887 bits per heavy atom. The van der Waals surface area contributed by atoms with Gasteiger partial charge < -0.3 is 24.6 Å². The van der Waals surface area contributed by atoms with Gasteiger partial charge in [-0.2, -0.15) is 0 Å². The molecule has 0 aliphatic heterocycles. The van der Waals surface area contributed by atoms with Crippen molar-refractivity contribution in [1.29, 1.82) is 0 Å². The van der Waals surface area contributed by atoms with Crippen LogP contribution in [0.3, 0.4) is 0 Å². The maximum Gasteiger partial charge on any atom is 0.472 e. The molecule has 11 heteroatoms. The summed E-state index contributed by atoms with van der Waals surface area (Å²) in [7, 11) is -4.64. The highest BCUT2D eigenvalue weighted by Crippen LogP contribution is 2.43. The summed E-state index contributed by atoms with van der Waals surface area (Å²) >= 11 is 0. The van der Waals surface area contributed by atoms with Crippen LogP contribution in [0.1, 0.15) is 200 Å². The number of carbonyl (C=O) groups is 2. The highest BCUT2D eigenvalue weighted by Gasteiger charge is 2.27. The van der Waals surface area contributed by atoms with Gasteiger partial charge in [0.05, 0.1) is 19.8 Å². The summed E-state index contributed by atoms with van der Waals surface area (Å²) in [6.07, 6.45) is 54.6. The first-order valence-corrected chi connectivity index (χ1v) is 25.9. The largest absolute Gasteiger partial charge is 0.472 e. The van der Waals surface area contributed by atoms with E-state index in [1.807, 2.05) is 12.2 Å². The number of phosphoric acid groups is 1. The summed E-state index contributed by atoms with van der Waals surface area (Å²) in [5.74, 6) is -1.02. The van der Waals surface area contributed by atoms with Crippen molar-refractivity contribution in [2.45, 2.75) is 212 Å².